The van der Waals surface area contributed by atoms with Crippen LogP contribution in [0.3, 0.4) is 0 Å². The van der Waals surface area contributed by atoms with Crippen LogP contribution in [0.4, 0.5) is 5.69 Å². The van der Waals surface area contributed by atoms with Crippen LogP contribution in [0.2, 0.25) is 0 Å². The topological polar surface area (TPSA) is 42.5 Å². The Morgan fingerprint density at radius 2 is 1.90 bits per heavy atom. The van der Waals surface area contributed by atoms with Crippen molar-refractivity contribution in [3.63, 3.8) is 0 Å². The molecule has 3 atom stereocenters. The van der Waals surface area contributed by atoms with Crippen LogP contribution < -0.4 is 20.1 Å². The lowest BCUT2D eigenvalue weighted by Crippen LogP contribution is -2.38. The molecule has 1 aromatic rings. The second-order valence-electron chi connectivity index (χ2n) is 6.12. The molecule has 1 aliphatic carbocycles. The van der Waals surface area contributed by atoms with Gasteiger partial charge in [0.05, 0.1) is 14.2 Å². The van der Waals surface area contributed by atoms with Crippen LogP contribution >= 0.6 is 0 Å². The monoisotopic (exact) mass is 290 g/mol. The summed E-state index contributed by atoms with van der Waals surface area (Å²) in [5, 5.41) is 7.39. The lowest BCUT2D eigenvalue weighted by atomic mass is 9.93. The lowest BCUT2D eigenvalue weighted by molar-refractivity contribution is 0.354. The zero-order valence-corrected chi connectivity index (χ0v) is 13.0. The normalized spacial score (nSPS) is 28.6. The van der Waals surface area contributed by atoms with Gasteiger partial charge in [0.1, 0.15) is 0 Å². The van der Waals surface area contributed by atoms with Crippen molar-refractivity contribution in [1.29, 1.82) is 0 Å². The molecule has 1 aromatic carbocycles. The average Bonchev–Trinajstić information content (AvgIpc) is 3.17. The molecule has 3 unspecified atom stereocenters. The maximum absolute atomic E-state index is 5.39. The molecule has 0 bridgehead atoms. The van der Waals surface area contributed by atoms with Gasteiger partial charge in [0.2, 0.25) is 0 Å². The van der Waals surface area contributed by atoms with Gasteiger partial charge in [0.25, 0.3) is 0 Å². The molecule has 116 valence electrons. The predicted octanol–water partition coefficient (Wildman–Crippen LogP) is 3.04. The summed E-state index contributed by atoms with van der Waals surface area (Å²) in [6.07, 6.45) is 6.58. The van der Waals surface area contributed by atoms with Gasteiger partial charge in [-0.2, -0.15) is 0 Å². The third-order valence-corrected chi connectivity index (χ3v) is 4.92. The highest BCUT2D eigenvalue weighted by molar-refractivity contribution is 5.55. The van der Waals surface area contributed by atoms with Crippen LogP contribution in [-0.2, 0) is 0 Å². The maximum atomic E-state index is 5.39. The molecular weight excluding hydrogens is 264 g/mol. The maximum Gasteiger partial charge on any atom is 0.162 e. The van der Waals surface area contributed by atoms with E-state index in [1.807, 2.05) is 12.1 Å². The molecule has 1 saturated carbocycles. The van der Waals surface area contributed by atoms with E-state index in [2.05, 4.69) is 16.7 Å². The Labute approximate surface area is 127 Å². The first-order valence-corrected chi connectivity index (χ1v) is 8.04. The number of nitrogens with one attached hydrogen (secondary N) is 2. The van der Waals surface area contributed by atoms with Gasteiger partial charge in [-0.1, -0.05) is 6.42 Å². The Kier molecular flexibility index (Phi) is 4.54. The molecule has 21 heavy (non-hydrogen) atoms. The third-order valence-electron chi connectivity index (χ3n) is 4.92. The second kappa shape index (κ2) is 6.56. The lowest BCUT2D eigenvalue weighted by Gasteiger charge is -2.27. The van der Waals surface area contributed by atoms with Gasteiger partial charge in [0.15, 0.2) is 11.5 Å². The molecule has 2 aliphatic rings. The zero-order valence-electron chi connectivity index (χ0n) is 13.0. The number of hydrogen-bond donors (Lipinski definition) is 2. The highest BCUT2D eigenvalue weighted by atomic mass is 16.5. The molecule has 2 fully saturated rings. The fourth-order valence-corrected chi connectivity index (χ4v) is 3.87. The highest BCUT2D eigenvalue weighted by Crippen LogP contribution is 2.36. The van der Waals surface area contributed by atoms with E-state index in [1.165, 1.54) is 38.6 Å². The molecule has 0 radical (unpaired) electrons. The summed E-state index contributed by atoms with van der Waals surface area (Å²) in [6, 6.07) is 7.36. The van der Waals surface area contributed by atoms with Gasteiger partial charge < -0.3 is 20.1 Å². The molecule has 0 spiro atoms. The van der Waals surface area contributed by atoms with Crippen molar-refractivity contribution in [3.05, 3.63) is 18.2 Å². The molecule has 3 rings (SSSR count). The van der Waals surface area contributed by atoms with E-state index in [0.717, 1.165) is 23.1 Å². The molecule has 1 saturated heterocycles. The molecule has 4 heteroatoms. The first-order valence-electron chi connectivity index (χ1n) is 8.04. The Morgan fingerprint density at radius 3 is 2.62 bits per heavy atom. The van der Waals surface area contributed by atoms with Gasteiger partial charge in [-0.25, -0.2) is 0 Å². The Morgan fingerprint density at radius 1 is 1.05 bits per heavy atom. The molecule has 1 heterocycles. The Bertz CT molecular complexity index is 472. The number of hydrogen-bond acceptors (Lipinski definition) is 4. The van der Waals surface area contributed by atoms with Crippen molar-refractivity contribution >= 4 is 5.69 Å². The summed E-state index contributed by atoms with van der Waals surface area (Å²) < 4.78 is 10.7. The molecule has 4 nitrogen and oxygen atoms in total. The summed E-state index contributed by atoms with van der Waals surface area (Å²) in [6.45, 7) is 1.18. The van der Waals surface area contributed by atoms with Crippen molar-refractivity contribution in [3.8, 4) is 11.5 Å². The van der Waals surface area contributed by atoms with Crippen molar-refractivity contribution in [2.75, 3.05) is 26.1 Å². The molecule has 0 amide bonds. The smallest absolute Gasteiger partial charge is 0.162 e. The number of rotatable bonds is 5. The van der Waals surface area contributed by atoms with Crippen LogP contribution in [0, 0.1) is 5.92 Å². The van der Waals surface area contributed by atoms with Crippen LogP contribution in [0.15, 0.2) is 18.2 Å². The first kappa shape index (κ1) is 14.5. The summed E-state index contributed by atoms with van der Waals surface area (Å²) in [7, 11) is 3.35. The number of anilines is 1. The molecular formula is C17H26N2O2. The zero-order chi connectivity index (χ0) is 14.7. The van der Waals surface area contributed by atoms with Crippen LogP contribution in [0.5, 0.6) is 11.5 Å². The summed E-state index contributed by atoms with van der Waals surface area (Å²) in [4.78, 5) is 0. The van der Waals surface area contributed by atoms with Crippen LogP contribution in [-0.4, -0.2) is 32.8 Å². The highest BCUT2D eigenvalue weighted by Gasteiger charge is 2.34. The first-order chi connectivity index (χ1) is 10.3. The van der Waals surface area contributed by atoms with Crippen LogP contribution in [0.1, 0.15) is 32.1 Å². The average molecular weight is 290 g/mol. The van der Waals surface area contributed by atoms with E-state index >= 15 is 0 Å². The van der Waals surface area contributed by atoms with Crippen molar-refractivity contribution in [1.82, 2.24) is 5.32 Å². The molecule has 0 aromatic heterocycles. The third kappa shape index (κ3) is 3.10. The Balaban J connectivity index is 1.70. The van der Waals surface area contributed by atoms with Gasteiger partial charge >= 0.3 is 0 Å². The van der Waals surface area contributed by atoms with Crippen LogP contribution in [0.25, 0.3) is 0 Å². The largest absolute Gasteiger partial charge is 0.493 e. The minimum atomic E-state index is 0.568. The van der Waals surface area contributed by atoms with E-state index in [1.54, 1.807) is 14.2 Å². The van der Waals surface area contributed by atoms with E-state index in [0.29, 0.717) is 12.1 Å². The van der Waals surface area contributed by atoms with E-state index in [9.17, 15) is 0 Å². The van der Waals surface area contributed by atoms with Gasteiger partial charge in [-0.05, 0) is 50.3 Å². The van der Waals surface area contributed by atoms with Crippen molar-refractivity contribution in [2.24, 2.45) is 5.92 Å². The van der Waals surface area contributed by atoms with Crippen molar-refractivity contribution in [2.45, 2.75) is 44.2 Å². The van der Waals surface area contributed by atoms with E-state index < -0.39 is 0 Å². The summed E-state index contributed by atoms with van der Waals surface area (Å²) >= 11 is 0. The van der Waals surface area contributed by atoms with E-state index in [-0.39, 0.29) is 0 Å². The summed E-state index contributed by atoms with van der Waals surface area (Å²) in [5.74, 6) is 2.32. The van der Waals surface area contributed by atoms with Crippen molar-refractivity contribution < 1.29 is 9.47 Å². The van der Waals surface area contributed by atoms with E-state index in [4.69, 9.17) is 9.47 Å². The minimum absolute atomic E-state index is 0.568. The molecule has 1 aliphatic heterocycles. The predicted molar refractivity (Wildman–Crippen MR) is 85.3 cm³/mol. The Hall–Kier alpha value is -1.42. The SMILES string of the molecule is COc1ccc(NC2CCCC2C2CCCN2)cc1OC. The van der Waals surface area contributed by atoms with Gasteiger partial charge in [-0.15, -0.1) is 0 Å². The van der Waals surface area contributed by atoms with Gasteiger partial charge in [0, 0.05) is 23.8 Å². The summed E-state index contributed by atoms with van der Waals surface area (Å²) in [5.41, 5.74) is 1.13. The minimum Gasteiger partial charge on any atom is -0.493 e. The fourth-order valence-electron chi connectivity index (χ4n) is 3.87. The number of methoxy groups -OCH3 is 2. The standard InChI is InChI=1S/C17H26N2O2/c1-20-16-9-8-12(11-17(16)21-2)19-15-6-3-5-13(15)14-7-4-10-18-14/h8-9,11,13-15,18-19H,3-7,10H2,1-2H3. The fraction of sp³-hybridized carbons (Fsp3) is 0.647. The second-order valence-corrected chi connectivity index (χ2v) is 6.12. The molecule has 2 N–H and O–H groups in total. The quantitative estimate of drug-likeness (QED) is 0.875. The number of benzene rings is 1. The number of ether oxygens (including phenoxy) is 2. The van der Waals surface area contributed by atoms with Gasteiger partial charge in [-0.3, -0.25) is 0 Å².